The second-order valence-corrected chi connectivity index (χ2v) is 4.90. The zero-order valence-electron chi connectivity index (χ0n) is 9.10. The van der Waals surface area contributed by atoms with E-state index in [-0.39, 0.29) is 0 Å². The molecule has 4 heteroatoms. The summed E-state index contributed by atoms with van der Waals surface area (Å²) in [6.45, 7) is 2.09. The number of imidazole rings is 1. The highest BCUT2D eigenvalue weighted by Gasteiger charge is 2.01. The molecule has 0 spiro atoms. The average molecular weight is 250 g/mol. The number of hydrogen-bond donors (Lipinski definition) is 2. The maximum atomic E-state index is 4.51. The molecule has 2 rings (SSSR count). The van der Waals surface area contributed by atoms with Gasteiger partial charge in [0.15, 0.2) is 5.16 Å². The zero-order chi connectivity index (χ0) is 11.4. The van der Waals surface area contributed by atoms with Crippen molar-refractivity contribution in [3.05, 3.63) is 35.9 Å². The second-order valence-electron chi connectivity index (χ2n) is 3.53. The van der Waals surface area contributed by atoms with E-state index in [0.29, 0.717) is 0 Å². The number of fused-ring (bicyclic) bond motifs is 1. The molecule has 1 heterocycles. The van der Waals surface area contributed by atoms with E-state index < -0.39 is 0 Å². The van der Waals surface area contributed by atoms with Crippen molar-refractivity contribution < 1.29 is 0 Å². The average Bonchev–Trinajstić information content (AvgIpc) is 2.66. The molecular formula is C12H14N2S2. The first-order valence-corrected chi connectivity index (χ1v) is 6.76. The molecule has 1 N–H and O–H groups in total. The number of rotatable bonds is 4. The third-order valence-corrected chi connectivity index (χ3v) is 3.24. The lowest BCUT2D eigenvalue weighted by Crippen LogP contribution is -1.76. The topological polar surface area (TPSA) is 28.7 Å². The van der Waals surface area contributed by atoms with Crippen molar-refractivity contribution >= 4 is 35.4 Å². The summed E-state index contributed by atoms with van der Waals surface area (Å²) >= 11 is 5.82. The Kier molecular flexibility index (Phi) is 3.96. The van der Waals surface area contributed by atoms with Crippen LogP contribution in [0.15, 0.2) is 35.5 Å². The first kappa shape index (κ1) is 11.6. The number of nitrogens with one attached hydrogen (secondary N) is 1. The fourth-order valence-electron chi connectivity index (χ4n) is 1.44. The van der Waals surface area contributed by atoms with Crippen molar-refractivity contribution in [3.63, 3.8) is 0 Å². The molecule has 0 bridgehead atoms. The van der Waals surface area contributed by atoms with E-state index in [1.165, 1.54) is 5.56 Å². The molecule has 1 aromatic carbocycles. The molecule has 2 aromatic rings. The Morgan fingerprint density at radius 1 is 1.44 bits per heavy atom. The molecule has 0 aliphatic heterocycles. The summed E-state index contributed by atoms with van der Waals surface area (Å²) in [7, 11) is 0. The highest BCUT2D eigenvalue weighted by molar-refractivity contribution is 7.99. The van der Waals surface area contributed by atoms with Crippen LogP contribution in [0.1, 0.15) is 5.56 Å². The van der Waals surface area contributed by atoms with Crippen molar-refractivity contribution in [2.24, 2.45) is 0 Å². The Hall–Kier alpha value is -0.870. The van der Waals surface area contributed by atoms with Gasteiger partial charge in [-0.05, 0) is 24.6 Å². The largest absolute Gasteiger partial charge is 0.333 e. The highest BCUT2D eigenvalue weighted by atomic mass is 32.2. The summed E-state index contributed by atoms with van der Waals surface area (Å²) in [6, 6.07) is 6.25. The molecule has 0 radical (unpaired) electrons. The van der Waals surface area contributed by atoms with Crippen LogP contribution in [0.25, 0.3) is 11.0 Å². The maximum Gasteiger partial charge on any atom is 0.166 e. The molecule has 0 unspecified atom stereocenters. The molecule has 0 amide bonds. The van der Waals surface area contributed by atoms with Crippen LogP contribution in [-0.2, 0) is 0 Å². The minimum Gasteiger partial charge on any atom is -0.333 e. The van der Waals surface area contributed by atoms with E-state index in [9.17, 15) is 0 Å². The Morgan fingerprint density at radius 3 is 3.12 bits per heavy atom. The summed E-state index contributed by atoms with van der Waals surface area (Å²) in [4.78, 5) is 7.82. The first-order valence-electron chi connectivity index (χ1n) is 5.14. The standard InChI is InChI=1S/C12H14N2S2/c1-9-4-5-10-11(8-9)14-12(13-10)16-7-3-2-6-15/h2-5,8,15H,6-7H2,1H3,(H,13,14). The maximum absolute atomic E-state index is 4.51. The number of aryl methyl sites for hydroxylation is 1. The molecule has 1 aromatic heterocycles. The molecule has 0 aliphatic rings. The lowest BCUT2D eigenvalue weighted by molar-refractivity contribution is 1.08. The fourth-order valence-corrected chi connectivity index (χ4v) is 2.32. The van der Waals surface area contributed by atoms with Gasteiger partial charge in [-0.25, -0.2) is 4.98 Å². The van der Waals surface area contributed by atoms with Crippen molar-refractivity contribution in [3.8, 4) is 0 Å². The van der Waals surface area contributed by atoms with Crippen molar-refractivity contribution in [2.75, 3.05) is 11.5 Å². The van der Waals surface area contributed by atoms with Crippen LogP contribution in [0.4, 0.5) is 0 Å². The van der Waals surface area contributed by atoms with Gasteiger partial charge in [-0.3, -0.25) is 0 Å². The van der Waals surface area contributed by atoms with Crippen molar-refractivity contribution in [1.82, 2.24) is 9.97 Å². The summed E-state index contributed by atoms with van der Waals surface area (Å²) in [6.07, 6.45) is 4.15. The van der Waals surface area contributed by atoms with Gasteiger partial charge in [-0.2, -0.15) is 12.6 Å². The molecule has 84 valence electrons. The van der Waals surface area contributed by atoms with Crippen LogP contribution < -0.4 is 0 Å². The number of nitrogens with zero attached hydrogens (tertiary/aromatic N) is 1. The second kappa shape index (κ2) is 5.46. The summed E-state index contributed by atoms with van der Waals surface area (Å²) < 4.78 is 0. The predicted molar refractivity (Wildman–Crippen MR) is 74.5 cm³/mol. The Labute approximate surface area is 105 Å². The first-order chi connectivity index (χ1) is 7.79. The lowest BCUT2D eigenvalue weighted by Gasteiger charge is -1.90. The Morgan fingerprint density at radius 2 is 2.31 bits per heavy atom. The van der Waals surface area contributed by atoms with E-state index in [2.05, 4.69) is 53.8 Å². The van der Waals surface area contributed by atoms with E-state index >= 15 is 0 Å². The van der Waals surface area contributed by atoms with E-state index in [0.717, 1.165) is 27.7 Å². The van der Waals surface area contributed by atoms with Crippen LogP contribution in [0, 0.1) is 6.92 Å². The van der Waals surface area contributed by atoms with Gasteiger partial charge in [0.2, 0.25) is 0 Å². The van der Waals surface area contributed by atoms with Gasteiger partial charge in [0.05, 0.1) is 11.0 Å². The van der Waals surface area contributed by atoms with Crippen LogP contribution in [0.5, 0.6) is 0 Å². The van der Waals surface area contributed by atoms with Crippen LogP contribution >= 0.6 is 24.4 Å². The lowest BCUT2D eigenvalue weighted by atomic mass is 10.2. The summed E-state index contributed by atoms with van der Waals surface area (Å²) in [5, 5.41) is 0.976. The number of benzene rings is 1. The molecule has 0 atom stereocenters. The smallest absolute Gasteiger partial charge is 0.166 e. The third-order valence-electron chi connectivity index (χ3n) is 2.20. The SMILES string of the molecule is Cc1ccc2nc(SCC=CCS)[nH]c2c1. The van der Waals surface area contributed by atoms with E-state index in [1.807, 2.05) is 6.08 Å². The van der Waals surface area contributed by atoms with Crippen LogP contribution in [-0.4, -0.2) is 21.5 Å². The van der Waals surface area contributed by atoms with Crippen molar-refractivity contribution in [1.29, 1.82) is 0 Å². The molecular weight excluding hydrogens is 236 g/mol. The summed E-state index contributed by atoms with van der Waals surface area (Å²) in [5.74, 6) is 1.72. The number of aromatic amines is 1. The molecule has 16 heavy (non-hydrogen) atoms. The number of thiol groups is 1. The number of H-pyrrole nitrogens is 1. The predicted octanol–water partition coefficient (Wildman–Crippen LogP) is 3.45. The van der Waals surface area contributed by atoms with Gasteiger partial charge in [0.25, 0.3) is 0 Å². The number of aromatic nitrogens is 2. The minimum atomic E-state index is 0.792. The van der Waals surface area contributed by atoms with Gasteiger partial charge >= 0.3 is 0 Å². The van der Waals surface area contributed by atoms with Crippen LogP contribution in [0.2, 0.25) is 0 Å². The molecule has 0 saturated carbocycles. The third kappa shape index (κ3) is 2.83. The highest BCUT2D eigenvalue weighted by Crippen LogP contribution is 2.20. The normalized spacial score (nSPS) is 11.6. The molecule has 0 fully saturated rings. The fraction of sp³-hybridized carbons (Fsp3) is 0.250. The van der Waals surface area contributed by atoms with Gasteiger partial charge in [-0.15, -0.1) is 0 Å². The molecule has 2 nitrogen and oxygen atoms in total. The molecule has 0 saturated heterocycles. The minimum absolute atomic E-state index is 0.792. The van der Waals surface area contributed by atoms with Gasteiger partial charge < -0.3 is 4.98 Å². The number of hydrogen-bond acceptors (Lipinski definition) is 3. The van der Waals surface area contributed by atoms with E-state index in [4.69, 9.17) is 0 Å². The monoisotopic (exact) mass is 250 g/mol. The zero-order valence-corrected chi connectivity index (χ0v) is 10.8. The quantitative estimate of drug-likeness (QED) is 0.494. The van der Waals surface area contributed by atoms with Crippen molar-refractivity contribution in [2.45, 2.75) is 12.1 Å². The van der Waals surface area contributed by atoms with Gasteiger partial charge in [0, 0.05) is 11.5 Å². The Bertz CT molecular complexity index is 503. The van der Waals surface area contributed by atoms with Gasteiger partial charge in [0.1, 0.15) is 0 Å². The summed E-state index contributed by atoms with van der Waals surface area (Å²) in [5.41, 5.74) is 3.40. The van der Waals surface area contributed by atoms with Gasteiger partial charge in [-0.1, -0.05) is 30.0 Å². The molecule has 0 aliphatic carbocycles. The number of thioether (sulfide) groups is 1. The Balaban J connectivity index is 2.11. The van der Waals surface area contributed by atoms with E-state index in [1.54, 1.807) is 11.8 Å². The van der Waals surface area contributed by atoms with Crippen LogP contribution in [0.3, 0.4) is 0 Å².